The van der Waals surface area contributed by atoms with Crippen LogP contribution in [0.15, 0.2) is 47.4 Å². The summed E-state index contributed by atoms with van der Waals surface area (Å²) in [5, 5.41) is 13.4. The number of halogens is 1. The smallest absolute Gasteiger partial charge is 0.123 e. The van der Waals surface area contributed by atoms with Crippen molar-refractivity contribution >= 4 is 23.4 Å². The molecule has 2 aromatic carbocycles. The highest BCUT2D eigenvalue weighted by Gasteiger charge is 2.22. The molecule has 0 radical (unpaired) electrons. The highest BCUT2D eigenvalue weighted by atomic mass is 35.5. The van der Waals surface area contributed by atoms with Crippen molar-refractivity contribution in [2.24, 2.45) is 0 Å². The van der Waals surface area contributed by atoms with Gasteiger partial charge in [0.2, 0.25) is 0 Å². The van der Waals surface area contributed by atoms with Gasteiger partial charge in [-0.05, 0) is 29.9 Å². The predicted octanol–water partition coefficient (Wildman–Crippen LogP) is 4.04. The minimum atomic E-state index is 0.0213. The van der Waals surface area contributed by atoms with E-state index in [1.807, 2.05) is 42.1 Å². The maximum absolute atomic E-state index is 8.93. The van der Waals surface area contributed by atoms with Crippen LogP contribution in [0.25, 0.3) is 0 Å². The van der Waals surface area contributed by atoms with Gasteiger partial charge in [-0.25, -0.2) is 0 Å². The Morgan fingerprint density at radius 3 is 2.96 bits per heavy atom. The van der Waals surface area contributed by atoms with Gasteiger partial charge in [0, 0.05) is 23.0 Å². The molecule has 3 rings (SSSR count). The van der Waals surface area contributed by atoms with Crippen molar-refractivity contribution in [2.45, 2.75) is 23.9 Å². The first-order valence-electron chi connectivity index (χ1n) is 7.75. The van der Waals surface area contributed by atoms with Crippen LogP contribution in [0.3, 0.4) is 0 Å². The summed E-state index contributed by atoms with van der Waals surface area (Å²) < 4.78 is 5.60. The molecule has 122 valence electrons. The Morgan fingerprint density at radius 2 is 2.09 bits per heavy atom. The van der Waals surface area contributed by atoms with Gasteiger partial charge in [0.1, 0.15) is 12.4 Å². The minimum absolute atomic E-state index is 0.0213. The minimum Gasteiger partial charge on any atom is -0.491 e. The molecule has 0 amide bonds. The summed E-state index contributed by atoms with van der Waals surface area (Å²) in [6.07, 6.45) is 1.08. The van der Waals surface area contributed by atoms with E-state index in [-0.39, 0.29) is 6.61 Å². The van der Waals surface area contributed by atoms with E-state index in [1.54, 1.807) is 0 Å². The average molecular weight is 350 g/mol. The number of rotatable bonds is 6. The van der Waals surface area contributed by atoms with E-state index >= 15 is 0 Å². The lowest BCUT2D eigenvalue weighted by Gasteiger charge is -2.27. The molecule has 0 saturated carbocycles. The van der Waals surface area contributed by atoms with Gasteiger partial charge < -0.3 is 15.2 Å². The van der Waals surface area contributed by atoms with E-state index in [4.69, 9.17) is 21.4 Å². The summed E-state index contributed by atoms with van der Waals surface area (Å²) in [5.74, 6) is 1.89. The lowest BCUT2D eigenvalue weighted by molar-refractivity contribution is 0.200. The van der Waals surface area contributed by atoms with Crippen molar-refractivity contribution in [1.82, 2.24) is 5.32 Å². The molecule has 2 N–H and O–H groups in total. The maximum atomic E-state index is 8.93. The van der Waals surface area contributed by atoms with Crippen molar-refractivity contribution in [3.05, 3.63) is 58.6 Å². The topological polar surface area (TPSA) is 41.5 Å². The Balaban J connectivity index is 1.72. The Morgan fingerprint density at radius 1 is 1.22 bits per heavy atom. The highest BCUT2D eigenvalue weighted by molar-refractivity contribution is 7.99. The number of aliphatic hydroxyl groups is 1. The summed E-state index contributed by atoms with van der Waals surface area (Å²) in [4.78, 5) is 1.20. The summed E-state index contributed by atoms with van der Waals surface area (Å²) in [5.41, 5.74) is 2.38. The first kappa shape index (κ1) is 16.7. The van der Waals surface area contributed by atoms with Crippen molar-refractivity contribution < 1.29 is 9.84 Å². The summed E-state index contributed by atoms with van der Waals surface area (Å²) >= 11 is 8.15. The number of hydrogen-bond acceptors (Lipinski definition) is 4. The Labute approximate surface area is 146 Å². The third kappa shape index (κ3) is 4.01. The van der Waals surface area contributed by atoms with Gasteiger partial charge in [-0.3, -0.25) is 0 Å². The van der Waals surface area contributed by atoms with Crippen LogP contribution in [0.5, 0.6) is 5.75 Å². The van der Waals surface area contributed by atoms with Gasteiger partial charge in [0.15, 0.2) is 0 Å². The highest BCUT2D eigenvalue weighted by Crippen LogP contribution is 2.40. The van der Waals surface area contributed by atoms with Crippen molar-refractivity contribution in [2.75, 3.05) is 19.0 Å². The van der Waals surface area contributed by atoms with E-state index in [2.05, 4.69) is 17.4 Å². The van der Waals surface area contributed by atoms with E-state index in [0.29, 0.717) is 12.6 Å². The van der Waals surface area contributed by atoms with Crippen LogP contribution < -0.4 is 10.1 Å². The molecule has 0 saturated heterocycles. The van der Waals surface area contributed by atoms with Crippen molar-refractivity contribution in [3.63, 3.8) is 0 Å². The lowest BCUT2D eigenvalue weighted by atomic mass is 10.0. The molecule has 0 fully saturated rings. The summed E-state index contributed by atoms with van der Waals surface area (Å²) in [7, 11) is 0. The quantitative estimate of drug-likeness (QED) is 0.826. The largest absolute Gasteiger partial charge is 0.491 e. The molecular formula is C18H20ClNO2S. The lowest BCUT2D eigenvalue weighted by Crippen LogP contribution is -2.24. The second-order valence-electron chi connectivity index (χ2n) is 5.41. The molecule has 1 aliphatic heterocycles. The number of hydrogen-bond donors (Lipinski definition) is 2. The first-order valence-corrected chi connectivity index (χ1v) is 9.12. The molecule has 0 aromatic heterocycles. The van der Waals surface area contributed by atoms with Crippen LogP contribution in [0.1, 0.15) is 23.6 Å². The fourth-order valence-corrected chi connectivity index (χ4v) is 4.26. The molecule has 3 nitrogen and oxygen atoms in total. The van der Waals surface area contributed by atoms with Crippen LogP contribution in [-0.2, 0) is 6.54 Å². The molecular weight excluding hydrogens is 330 g/mol. The number of thioether (sulfide) groups is 1. The molecule has 1 heterocycles. The van der Waals surface area contributed by atoms with E-state index in [9.17, 15) is 0 Å². The second kappa shape index (κ2) is 8.06. The average Bonchev–Trinajstić information content (AvgIpc) is 2.59. The van der Waals surface area contributed by atoms with Gasteiger partial charge >= 0.3 is 0 Å². The van der Waals surface area contributed by atoms with Crippen molar-refractivity contribution in [3.8, 4) is 5.75 Å². The van der Waals surface area contributed by atoms with Gasteiger partial charge in [-0.2, -0.15) is 0 Å². The fourth-order valence-electron chi connectivity index (χ4n) is 2.78. The Bertz CT molecular complexity index is 665. The molecule has 0 aliphatic carbocycles. The normalized spacial score (nSPS) is 16.9. The van der Waals surface area contributed by atoms with Crippen LogP contribution in [0.2, 0.25) is 5.02 Å². The molecule has 1 unspecified atom stereocenters. The molecule has 2 aromatic rings. The number of nitrogens with one attached hydrogen (secondary N) is 1. The number of ether oxygens (including phenoxy) is 1. The Hall–Kier alpha value is -1.20. The maximum Gasteiger partial charge on any atom is 0.123 e. The predicted molar refractivity (Wildman–Crippen MR) is 95.4 cm³/mol. The third-order valence-electron chi connectivity index (χ3n) is 3.89. The molecule has 5 heteroatoms. The summed E-state index contributed by atoms with van der Waals surface area (Å²) in [6.45, 7) is 1.06. The monoisotopic (exact) mass is 349 g/mol. The van der Waals surface area contributed by atoms with Gasteiger partial charge in [-0.1, -0.05) is 41.9 Å². The zero-order valence-electron chi connectivity index (χ0n) is 12.8. The van der Waals surface area contributed by atoms with Crippen LogP contribution >= 0.6 is 23.4 Å². The number of para-hydroxylation sites is 1. The van der Waals surface area contributed by atoms with E-state index in [0.717, 1.165) is 35.1 Å². The molecule has 23 heavy (non-hydrogen) atoms. The second-order valence-corrected chi connectivity index (χ2v) is 6.92. The fraction of sp³-hybridized carbons (Fsp3) is 0.333. The van der Waals surface area contributed by atoms with Gasteiger partial charge in [0.05, 0.1) is 11.6 Å². The van der Waals surface area contributed by atoms with Crippen molar-refractivity contribution in [1.29, 1.82) is 0 Å². The van der Waals surface area contributed by atoms with Crippen LogP contribution in [-0.4, -0.2) is 24.1 Å². The van der Waals surface area contributed by atoms with Gasteiger partial charge in [-0.15, -0.1) is 11.8 Å². The molecule has 1 aliphatic rings. The standard InChI is InChI=1S/C18H20ClNO2S/c19-15-6-3-5-14-16(8-11-23-18(14)15)20-12-13-4-1-2-7-17(13)22-10-9-21/h1-7,16,20-21H,8-12H2. The number of fused-ring (bicyclic) bond motifs is 1. The zero-order chi connectivity index (χ0) is 16.1. The van der Waals surface area contributed by atoms with E-state index in [1.165, 1.54) is 10.5 Å². The molecule has 0 bridgehead atoms. The van der Waals surface area contributed by atoms with Crippen LogP contribution in [0.4, 0.5) is 0 Å². The van der Waals surface area contributed by atoms with Crippen LogP contribution in [0, 0.1) is 0 Å². The zero-order valence-corrected chi connectivity index (χ0v) is 14.4. The van der Waals surface area contributed by atoms with Gasteiger partial charge in [0.25, 0.3) is 0 Å². The van der Waals surface area contributed by atoms with E-state index < -0.39 is 0 Å². The molecule has 0 spiro atoms. The first-order chi connectivity index (χ1) is 11.3. The number of aliphatic hydroxyl groups excluding tert-OH is 1. The summed E-state index contributed by atoms with van der Waals surface area (Å²) in [6, 6.07) is 14.4. The SMILES string of the molecule is OCCOc1ccccc1CNC1CCSc2c(Cl)cccc21. The Kier molecular flexibility index (Phi) is 5.84. The molecule has 1 atom stereocenters. The third-order valence-corrected chi connectivity index (χ3v) is 5.50. The number of benzene rings is 2.